The lowest BCUT2D eigenvalue weighted by atomic mass is 10.6. The highest BCUT2D eigenvalue weighted by atomic mass is 79.9. The SMILES string of the molecule is CCNCC(O)Br. The summed E-state index contributed by atoms with van der Waals surface area (Å²) >= 11 is 2.97. The molecule has 0 saturated carbocycles. The van der Waals surface area contributed by atoms with Crippen LogP contribution < -0.4 is 5.32 Å². The number of nitrogens with one attached hydrogen (secondary N) is 1. The standard InChI is InChI=1S/C4H10BrNO/c1-2-6-3-4(5)7/h4,6-7H,2-3H2,1H3. The lowest BCUT2D eigenvalue weighted by molar-refractivity contribution is 0.265. The summed E-state index contributed by atoms with van der Waals surface area (Å²) in [5, 5.41) is 11.1. The summed E-state index contributed by atoms with van der Waals surface area (Å²) in [4.78, 5) is 0. The maximum atomic E-state index is 8.54. The molecule has 0 aromatic heterocycles. The van der Waals surface area contributed by atoms with Crippen molar-refractivity contribution >= 4 is 15.9 Å². The summed E-state index contributed by atoms with van der Waals surface area (Å²) in [6.45, 7) is 3.52. The zero-order valence-corrected chi connectivity index (χ0v) is 5.90. The minimum absolute atomic E-state index is 0.396. The number of hydrogen-bond acceptors (Lipinski definition) is 2. The van der Waals surface area contributed by atoms with E-state index in [0.717, 1.165) is 6.54 Å². The molecule has 1 atom stereocenters. The van der Waals surface area contributed by atoms with E-state index in [-0.39, 0.29) is 0 Å². The number of likely N-dealkylation sites (N-methyl/N-ethyl adjacent to an activating group) is 1. The second-order valence-corrected chi connectivity index (χ2v) is 2.30. The molecule has 7 heavy (non-hydrogen) atoms. The average Bonchev–Trinajstić information content (AvgIpc) is 1.61. The fourth-order valence-electron chi connectivity index (χ4n) is 0.263. The molecule has 0 aliphatic carbocycles. The first-order chi connectivity index (χ1) is 3.27. The summed E-state index contributed by atoms with van der Waals surface area (Å²) in [6, 6.07) is 0. The number of halogens is 1. The Kier molecular flexibility index (Phi) is 4.82. The van der Waals surface area contributed by atoms with Gasteiger partial charge < -0.3 is 10.4 Å². The molecule has 0 amide bonds. The van der Waals surface area contributed by atoms with Crippen molar-refractivity contribution < 1.29 is 5.11 Å². The topological polar surface area (TPSA) is 32.3 Å². The van der Waals surface area contributed by atoms with Gasteiger partial charge in [-0.25, -0.2) is 0 Å². The van der Waals surface area contributed by atoms with Gasteiger partial charge in [0.15, 0.2) is 0 Å². The molecule has 0 spiro atoms. The third-order valence-corrected chi connectivity index (χ3v) is 0.887. The van der Waals surface area contributed by atoms with Gasteiger partial charge in [-0.3, -0.25) is 0 Å². The molecule has 3 heteroatoms. The van der Waals surface area contributed by atoms with Crippen molar-refractivity contribution in [1.82, 2.24) is 5.32 Å². The van der Waals surface area contributed by atoms with Crippen molar-refractivity contribution in [2.24, 2.45) is 0 Å². The van der Waals surface area contributed by atoms with Crippen LogP contribution in [0, 0.1) is 0 Å². The van der Waals surface area contributed by atoms with Gasteiger partial charge in [-0.2, -0.15) is 0 Å². The fraction of sp³-hybridized carbons (Fsp3) is 1.00. The van der Waals surface area contributed by atoms with E-state index < -0.39 is 5.01 Å². The summed E-state index contributed by atoms with van der Waals surface area (Å²) in [5.74, 6) is 0. The monoisotopic (exact) mass is 167 g/mol. The molecular formula is C4H10BrNO. The zero-order valence-electron chi connectivity index (χ0n) is 4.32. The highest BCUT2D eigenvalue weighted by Crippen LogP contribution is 1.88. The molecule has 0 heterocycles. The van der Waals surface area contributed by atoms with Crippen LogP contribution in [0.3, 0.4) is 0 Å². The fourth-order valence-corrected chi connectivity index (χ4v) is 0.492. The molecule has 0 bridgehead atoms. The van der Waals surface area contributed by atoms with E-state index in [0.29, 0.717) is 6.54 Å². The molecule has 0 aliphatic heterocycles. The van der Waals surface area contributed by atoms with E-state index in [2.05, 4.69) is 21.2 Å². The van der Waals surface area contributed by atoms with Gasteiger partial charge in [0, 0.05) is 6.54 Å². The number of rotatable bonds is 3. The third-order valence-electron chi connectivity index (χ3n) is 0.563. The van der Waals surface area contributed by atoms with Gasteiger partial charge in [-0.15, -0.1) is 0 Å². The molecule has 0 aromatic carbocycles. The predicted octanol–water partition coefficient (Wildman–Crippen LogP) is 0.309. The lowest BCUT2D eigenvalue weighted by Gasteiger charge is -1.99. The third kappa shape index (κ3) is 6.40. The molecule has 0 saturated heterocycles. The Balaban J connectivity index is 2.68. The number of aliphatic hydroxyl groups excluding tert-OH is 1. The molecule has 0 rings (SSSR count). The van der Waals surface area contributed by atoms with Gasteiger partial charge in [0.05, 0.1) is 0 Å². The average molecular weight is 168 g/mol. The van der Waals surface area contributed by atoms with E-state index >= 15 is 0 Å². The smallest absolute Gasteiger partial charge is 0.121 e. The summed E-state index contributed by atoms with van der Waals surface area (Å²) in [6.07, 6.45) is 0. The highest BCUT2D eigenvalue weighted by molar-refractivity contribution is 9.09. The Morgan fingerprint density at radius 1 is 1.86 bits per heavy atom. The van der Waals surface area contributed by atoms with Crippen molar-refractivity contribution in [2.75, 3.05) is 13.1 Å². The minimum atomic E-state index is -0.396. The van der Waals surface area contributed by atoms with E-state index in [1.807, 2.05) is 6.92 Å². The van der Waals surface area contributed by atoms with Gasteiger partial charge in [-0.05, 0) is 6.54 Å². The van der Waals surface area contributed by atoms with Gasteiger partial charge in [0.1, 0.15) is 5.01 Å². The number of hydrogen-bond donors (Lipinski definition) is 2. The van der Waals surface area contributed by atoms with Crippen LogP contribution in [-0.2, 0) is 0 Å². The maximum Gasteiger partial charge on any atom is 0.121 e. The molecule has 0 fully saturated rings. The Morgan fingerprint density at radius 3 is 2.57 bits per heavy atom. The largest absolute Gasteiger partial charge is 0.381 e. The Bertz CT molecular complexity index is 40.7. The van der Waals surface area contributed by atoms with Gasteiger partial charge in [0.2, 0.25) is 0 Å². The molecule has 44 valence electrons. The molecular weight excluding hydrogens is 158 g/mol. The molecule has 0 aromatic rings. The Labute approximate surface area is 52.0 Å². The van der Waals surface area contributed by atoms with Crippen LogP contribution in [0.15, 0.2) is 0 Å². The van der Waals surface area contributed by atoms with Crippen molar-refractivity contribution in [3.05, 3.63) is 0 Å². The number of aliphatic hydroxyl groups is 1. The summed E-state index contributed by atoms with van der Waals surface area (Å²) < 4.78 is 0. The van der Waals surface area contributed by atoms with Crippen LogP contribution in [0.5, 0.6) is 0 Å². The number of alkyl halides is 1. The Hall–Kier alpha value is 0.400. The van der Waals surface area contributed by atoms with E-state index in [9.17, 15) is 0 Å². The molecule has 1 unspecified atom stereocenters. The Morgan fingerprint density at radius 2 is 2.43 bits per heavy atom. The van der Waals surface area contributed by atoms with Crippen LogP contribution in [0.2, 0.25) is 0 Å². The van der Waals surface area contributed by atoms with Crippen molar-refractivity contribution in [3.8, 4) is 0 Å². The van der Waals surface area contributed by atoms with Gasteiger partial charge in [0.25, 0.3) is 0 Å². The van der Waals surface area contributed by atoms with Gasteiger partial charge in [-0.1, -0.05) is 22.9 Å². The lowest BCUT2D eigenvalue weighted by Crippen LogP contribution is -2.21. The van der Waals surface area contributed by atoms with Gasteiger partial charge >= 0.3 is 0 Å². The van der Waals surface area contributed by atoms with E-state index in [1.165, 1.54) is 0 Å². The van der Waals surface area contributed by atoms with Crippen LogP contribution in [-0.4, -0.2) is 23.2 Å². The molecule has 2 nitrogen and oxygen atoms in total. The maximum absolute atomic E-state index is 8.54. The second-order valence-electron chi connectivity index (χ2n) is 1.24. The zero-order chi connectivity index (χ0) is 5.70. The van der Waals surface area contributed by atoms with E-state index in [1.54, 1.807) is 0 Å². The van der Waals surface area contributed by atoms with Crippen molar-refractivity contribution in [1.29, 1.82) is 0 Å². The van der Waals surface area contributed by atoms with Crippen LogP contribution in [0.25, 0.3) is 0 Å². The van der Waals surface area contributed by atoms with Crippen molar-refractivity contribution in [2.45, 2.75) is 11.9 Å². The van der Waals surface area contributed by atoms with Crippen LogP contribution >= 0.6 is 15.9 Å². The summed E-state index contributed by atoms with van der Waals surface area (Å²) in [7, 11) is 0. The second kappa shape index (κ2) is 4.56. The van der Waals surface area contributed by atoms with Crippen LogP contribution in [0.4, 0.5) is 0 Å². The predicted molar refractivity (Wildman–Crippen MR) is 33.5 cm³/mol. The molecule has 2 N–H and O–H groups in total. The summed E-state index contributed by atoms with van der Waals surface area (Å²) in [5.41, 5.74) is 0. The minimum Gasteiger partial charge on any atom is -0.381 e. The van der Waals surface area contributed by atoms with Crippen molar-refractivity contribution in [3.63, 3.8) is 0 Å². The normalized spacial score (nSPS) is 14.1. The first-order valence-corrected chi connectivity index (χ1v) is 3.21. The quantitative estimate of drug-likeness (QED) is 0.594. The first kappa shape index (κ1) is 7.40. The molecule has 0 aliphatic rings. The highest BCUT2D eigenvalue weighted by Gasteiger charge is 1.90. The first-order valence-electron chi connectivity index (χ1n) is 2.30. The molecule has 0 radical (unpaired) electrons. The van der Waals surface area contributed by atoms with Crippen LogP contribution in [0.1, 0.15) is 6.92 Å². The van der Waals surface area contributed by atoms with E-state index in [4.69, 9.17) is 5.11 Å².